The Bertz CT molecular complexity index is 1100. The van der Waals surface area contributed by atoms with Crippen LogP contribution in [0.5, 0.6) is 17.4 Å². The lowest BCUT2D eigenvalue weighted by molar-refractivity contribution is 0.0742. The van der Waals surface area contributed by atoms with E-state index in [1.807, 2.05) is 35.2 Å². The van der Waals surface area contributed by atoms with Crippen LogP contribution in [0.4, 0.5) is 5.82 Å². The molecule has 5 rings (SSSR count). The summed E-state index contributed by atoms with van der Waals surface area (Å²) in [6.45, 7) is 2.76. The molecule has 1 amide bonds. The molecule has 9 heteroatoms. The van der Waals surface area contributed by atoms with Gasteiger partial charge in [-0.15, -0.1) is 10.2 Å². The van der Waals surface area contributed by atoms with Crippen molar-refractivity contribution in [3.8, 4) is 28.6 Å². The lowest BCUT2D eigenvalue weighted by Crippen LogP contribution is -2.49. The van der Waals surface area contributed by atoms with Gasteiger partial charge in [-0.1, -0.05) is 0 Å². The van der Waals surface area contributed by atoms with Gasteiger partial charge < -0.3 is 24.0 Å². The minimum Gasteiger partial charge on any atom is -0.480 e. The number of ether oxygens (including phenoxy) is 3. The molecule has 0 spiro atoms. The normalized spacial score (nSPS) is 15.1. The van der Waals surface area contributed by atoms with E-state index in [2.05, 4.69) is 20.1 Å². The van der Waals surface area contributed by atoms with Crippen molar-refractivity contribution < 1.29 is 19.0 Å². The number of hydrogen-bond donors (Lipinski definition) is 0. The molecular formula is C22H21N5O4. The van der Waals surface area contributed by atoms with Crippen LogP contribution in [0.3, 0.4) is 0 Å². The molecule has 0 atom stereocenters. The number of anilines is 1. The number of nitrogens with zero attached hydrogens (tertiary/aromatic N) is 5. The summed E-state index contributed by atoms with van der Waals surface area (Å²) in [4.78, 5) is 20.9. The number of piperazine rings is 1. The fraction of sp³-hybridized carbons (Fsp3) is 0.273. The molecule has 31 heavy (non-hydrogen) atoms. The Balaban J connectivity index is 1.24. The number of rotatable bonds is 4. The van der Waals surface area contributed by atoms with Crippen molar-refractivity contribution in [2.45, 2.75) is 0 Å². The summed E-state index contributed by atoms with van der Waals surface area (Å²) >= 11 is 0. The zero-order chi connectivity index (χ0) is 21.2. The maximum Gasteiger partial charge on any atom is 0.259 e. The molecule has 158 valence electrons. The predicted molar refractivity (Wildman–Crippen MR) is 112 cm³/mol. The number of fused-ring (bicyclic) bond motifs is 1. The van der Waals surface area contributed by atoms with Gasteiger partial charge >= 0.3 is 0 Å². The van der Waals surface area contributed by atoms with Crippen LogP contribution in [-0.4, -0.2) is 66.1 Å². The Morgan fingerprint density at radius 3 is 2.61 bits per heavy atom. The van der Waals surface area contributed by atoms with Gasteiger partial charge in [-0.3, -0.25) is 4.79 Å². The zero-order valence-electron chi connectivity index (χ0n) is 17.0. The smallest absolute Gasteiger partial charge is 0.259 e. The highest BCUT2D eigenvalue weighted by molar-refractivity contribution is 5.96. The van der Waals surface area contributed by atoms with Crippen LogP contribution < -0.4 is 19.1 Å². The van der Waals surface area contributed by atoms with Crippen LogP contribution in [0, 0.1) is 0 Å². The summed E-state index contributed by atoms with van der Waals surface area (Å²) in [5.74, 6) is 2.52. The van der Waals surface area contributed by atoms with Crippen LogP contribution in [0.2, 0.25) is 0 Å². The lowest BCUT2D eigenvalue weighted by atomic mass is 10.1. The van der Waals surface area contributed by atoms with Crippen molar-refractivity contribution in [1.82, 2.24) is 20.1 Å². The van der Waals surface area contributed by atoms with Crippen molar-refractivity contribution >= 4 is 11.7 Å². The Morgan fingerprint density at radius 2 is 1.84 bits per heavy atom. The second-order valence-corrected chi connectivity index (χ2v) is 7.18. The van der Waals surface area contributed by atoms with Gasteiger partial charge in [0, 0.05) is 37.9 Å². The summed E-state index contributed by atoms with van der Waals surface area (Å²) in [6.07, 6.45) is 1.61. The van der Waals surface area contributed by atoms with Crippen LogP contribution in [-0.2, 0) is 0 Å². The zero-order valence-corrected chi connectivity index (χ0v) is 17.0. The molecule has 9 nitrogen and oxygen atoms in total. The number of amides is 1. The SMILES string of the molecule is COc1ncccc1C(=O)N1CCN(c2ccc(-c3ccc4c(c3)OCO4)nn2)CC1. The number of carbonyl (C=O) groups excluding carboxylic acids is 1. The Morgan fingerprint density at radius 1 is 1.00 bits per heavy atom. The van der Waals surface area contributed by atoms with E-state index in [0.29, 0.717) is 37.6 Å². The van der Waals surface area contributed by atoms with Crippen molar-refractivity contribution in [2.75, 3.05) is 45.0 Å². The maximum absolute atomic E-state index is 12.8. The summed E-state index contributed by atoms with van der Waals surface area (Å²) in [5, 5.41) is 8.78. The largest absolute Gasteiger partial charge is 0.480 e. The van der Waals surface area contributed by atoms with E-state index in [4.69, 9.17) is 14.2 Å². The molecule has 0 bridgehead atoms. The number of carbonyl (C=O) groups is 1. The first kappa shape index (κ1) is 19.1. The summed E-state index contributed by atoms with van der Waals surface area (Å²) < 4.78 is 16.0. The molecule has 0 aliphatic carbocycles. The number of aromatic nitrogens is 3. The molecule has 3 aromatic rings. The van der Waals surface area contributed by atoms with Gasteiger partial charge in [0.25, 0.3) is 5.91 Å². The first-order chi connectivity index (χ1) is 15.2. The van der Waals surface area contributed by atoms with Gasteiger partial charge in [-0.05, 0) is 42.5 Å². The number of hydrogen-bond acceptors (Lipinski definition) is 8. The predicted octanol–water partition coefficient (Wildman–Crippen LogP) is 2.24. The average Bonchev–Trinajstić information content (AvgIpc) is 3.32. The van der Waals surface area contributed by atoms with Crippen molar-refractivity contribution in [3.05, 3.63) is 54.2 Å². The molecule has 0 N–H and O–H groups in total. The minimum absolute atomic E-state index is 0.0751. The summed E-state index contributed by atoms with van der Waals surface area (Å²) in [6, 6.07) is 13.1. The van der Waals surface area contributed by atoms with E-state index in [1.54, 1.807) is 18.3 Å². The summed E-state index contributed by atoms with van der Waals surface area (Å²) in [5.41, 5.74) is 2.16. The molecule has 2 aliphatic rings. The monoisotopic (exact) mass is 419 g/mol. The average molecular weight is 419 g/mol. The van der Waals surface area contributed by atoms with E-state index >= 15 is 0 Å². The number of methoxy groups -OCH3 is 1. The Kier molecular flexibility index (Phi) is 4.99. The van der Waals surface area contributed by atoms with E-state index in [-0.39, 0.29) is 12.7 Å². The van der Waals surface area contributed by atoms with Crippen LogP contribution in [0.25, 0.3) is 11.3 Å². The summed E-state index contributed by atoms with van der Waals surface area (Å²) in [7, 11) is 1.52. The highest BCUT2D eigenvalue weighted by Gasteiger charge is 2.25. The number of benzene rings is 1. The third-order valence-electron chi connectivity index (χ3n) is 5.40. The van der Waals surface area contributed by atoms with Gasteiger partial charge in [0.05, 0.1) is 12.8 Å². The van der Waals surface area contributed by atoms with E-state index in [1.165, 1.54) is 7.11 Å². The second kappa shape index (κ2) is 8.10. The highest BCUT2D eigenvalue weighted by atomic mass is 16.7. The molecule has 1 aromatic carbocycles. The third-order valence-corrected chi connectivity index (χ3v) is 5.40. The van der Waals surface area contributed by atoms with E-state index in [9.17, 15) is 4.79 Å². The fourth-order valence-corrected chi connectivity index (χ4v) is 3.73. The maximum atomic E-state index is 12.8. The van der Waals surface area contributed by atoms with Gasteiger partial charge in [-0.25, -0.2) is 4.98 Å². The molecule has 4 heterocycles. The lowest BCUT2D eigenvalue weighted by Gasteiger charge is -2.35. The van der Waals surface area contributed by atoms with E-state index < -0.39 is 0 Å². The van der Waals surface area contributed by atoms with Crippen LogP contribution >= 0.6 is 0 Å². The first-order valence-electron chi connectivity index (χ1n) is 10.00. The number of pyridine rings is 1. The Hall–Kier alpha value is -3.88. The van der Waals surface area contributed by atoms with Crippen LogP contribution in [0.1, 0.15) is 10.4 Å². The molecule has 2 aromatic heterocycles. The van der Waals surface area contributed by atoms with Gasteiger partial charge in [-0.2, -0.15) is 0 Å². The van der Waals surface area contributed by atoms with Gasteiger partial charge in [0.15, 0.2) is 17.3 Å². The molecule has 1 saturated heterocycles. The third kappa shape index (κ3) is 3.70. The molecule has 2 aliphatic heterocycles. The highest BCUT2D eigenvalue weighted by Crippen LogP contribution is 2.35. The second-order valence-electron chi connectivity index (χ2n) is 7.18. The molecule has 0 saturated carbocycles. The van der Waals surface area contributed by atoms with Crippen molar-refractivity contribution in [1.29, 1.82) is 0 Å². The molecule has 0 radical (unpaired) electrons. The molecule has 1 fully saturated rings. The first-order valence-corrected chi connectivity index (χ1v) is 10.00. The standard InChI is InChI=1S/C22H21N5O4/c1-29-21-16(3-2-8-23-21)22(28)27-11-9-26(10-12-27)20-7-5-17(24-25-20)15-4-6-18-19(13-15)31-14-30-18/h2-8,13H,9-12,14H2,1H3. The van der Waals surface area contributed by atoms with Gasteiger partial charge in [0.1, 0.15) is 5.56 Å². The van der Waals surface area contributed by atoms with Crippen LogP contribution in [0.15, 0.2) is 48.7 Å². The van der Waals surface area contributed by atoms with Crippen molar-refractivity contribution in [2.24, 2.45) is 0 Å². The quantitative estimate of drug-likeness (QED) is 0.636. The Labute approximate surface area is 179 Å². The topological polar surface area (TPSA) is 89.9 Å². The van der Waals surface area contributed by atoms with Gasteiger partial charge in [0.2, 0.25) is 12.7 Å². The van der Waals surface area contributed by atoms with Crippen molar-refractivity contribution in [3.63, 3.8) is 0 Å². The fourth-order valence-electron chi connectivity index (χ4n) is 3.73. The molecular weight excluding hydrogens is 398 g/mol. The van der Waals surface area contributed by atoms with E-state index in [0.717, 1.165) is 28.6 Å². The molecule has 0 unspecified atom stereocenters. The minimum atomic E-state index is -0.0751.